The first-order valence-corrected chi connectivity index (χ1v) is 8.68. The molecule has 1 amide bonds. The zero-order valence-corrected chi connectivity index (χ0v) is 14.8. The van der Waals surface area contributed by atoms with Gasteiger partial charge >= 0.3 is 0 Å². The Balaban J connectivity index is 1.50. The lowest BCUT2D eigenvalue weighted by Crippen LogP contribution is -2.47. The monoisotopic (exact) mass is 351 g/mol. The molecule has 3 N–H and O–H groups in total. The van der Waals surface area contributed by atoms with Gasteiger partial charge in [-0.05, 0) is 31.4 Å². The third kappa shape index (κ3) is 2.90. The van der Waals surface area contributed by atoms with Gasteiger partial charge in [0, 0.05) is 36.1 Å². The molecular weight excluding hydrogens is 330 g/mol. The molecule has 2 aromatic heterocycles. The zero-order chi connectivity index (χ0) is 18.3. The molecule has 0 saturated carbocycles. The summed E-state index contributed by atoms with van der Waals surface area (Å²) < 4.78 is 1.66. The Morgan fingerprint density at radius 1 is 1.31 bits per heavy atom. The number of aromatic amines is 1. The molecule has 1 atom stereocenters. The van der Waals surface area contributed by atoms with E-state index >= 15 is 0 Å². The van der Waals surface area contributed by atoms with E-state index in [0.717, 1.165) is 17.0 Å². The predicted octanol–water partition coefficient (Wildman–Crippen LogP) is 0.970. The van der Waals surface area contributed by atoms with Crippen LogP contribution < -0.4 is 16.2 Å². The second-order valence-corrected chi connectivity index (χ2v) is 6.70. The van der Waals surface area contributed by atoms with E-state index in [1.54, 1.807) is 4.52 Å². The summed E-state index contributed by atoms with van der Waals surface area (Å²) in [6, 6.07) is 9.40. The van der Waals surface area contributed by atoms with E-state index in [2.05, 4.69) is 32.8 Å². The van der Waals surface area contributed by atoms with Crippen LogP contribution in [0.15, 0.2) is 35.1 Å². The van der Waals surface area contributed by atoms with Crippen LogP contribution in [0.3, 0.4) is 0 Å². The number of carbonyl (C=O) groups is 1. The number of H-pyrrole nitrogens is 1. The number of amides is 1. The Morgan fingerprint density at radius 2 is 2.08 bits per heavy atom. The maximum atomic E-state index is 12.6. The fourth-order valence-corrected chi connectivity index (χ4v) is 3.55. The SMILES string of the molecule is Cc1nc2cc(=O)[nH]n2c(C)c1CNC(=O)C1Cc2ccccc2CN1. The van der Waals surface area contributed by atoms with Crippen molar-refractivity contribution in [3.63, 3.8) is 0 Å². The van der Waals surface area contributed by atoms with E-state index in [1.807, 2.05) is 26.0 Å². The highest BCUT2D eigenvalue weighted by atomic mass is 16.2. The van der Waals surface area contributed by atoms with Crippen LogP contribution >= 0.6 is 0 Å². The third-order valence-corrected chi connectivity index (χ3v) is 5.04. The van der Waals surface area contributed by atoms with Crippen molar-refractivity contribution < 1.29 is 4.79 Å². The molecule has 4 rings (SSSR count). The van der Waals surface area contributed by atoms with Gasteiger partial charge in [0.1, 0.15) is 0 Å². The Hall–Kier alpha value is -2.93. The number of carbonyl (C=O) groups excluding carboxylic acids is 1. The van der Waals surface area contributed by atoms with Crippen LogP contribution in [0.5, 0.6) is 0 Å². The second-order valence-electron chi connectivity index (χ2n) is 6.70. The van der Waals surface area contributed by atoms with Gasteiger partial charge in [0.25, 0.3) is 5.56 Å². The number of nitrogens with one attached hydrogen (secondary N) is 3. The highest BCUT2D eigenvalue weighted by molar-refractivity contribution is 5.82. The van der Waals surface area contributed by atoms with Crippen LogP contribution in [-0.2, 0) is 24.3 Å². The van der Waals surface area contributed by atoms with Crippen LogP contribution in [0.25, 0.3) is 5.65 Å². The summed E-state index contributed by atoms with van der Waals surface area (Å²) in [5, 5.41) is 9.03. The van der Waals surface area contributed by atoms with E-state index in [4.69, 9.17) is 0 Å². The quantitative estimate of drug-likeness (QED) is 0.656. The Kier molecular flexibility index (Phi) is 4.08. The molecule has 7 heteroatoms. The van der Waals surface area contributed by atoms with Crippen molar-refractivity contribution in [3.05, 3.63) is 68.8 Å². The van der Waals surface area contributed by atoms with E-state index in [1.165, 1.54) is 17.2 Å². The summed E-state index contributed by atoms with van der Waals surface area (Å²) in [4.78, 5) is 28.6. The first kappa shape index (κ1) is 16.5. The van der Waals surface area contributed by atoms with E-state index in [0.29, 0.717) is 25.2 Å². The number of fused-ring (bicyclic) bond motifs is 2. The summed E-state index contributed by atoms with van der Waals surface area (Å²) in [5.74, 6) is -0.0283. The lowest BCUT2D eigenvalue weighted by Gasteiger charge is -2.25. The number of nitrogens with zero attached hydrogens (tertiary/aromatic N) is 2. The summed E-state index contributed by atoms with van der Waals surface area (Å²) >= 11 is 0. The molecule has 1 unspecified atom stereocenters. The van der Waals surface area contributed by atoms with Crippen molar-refractivity contribution in [1.82, 2.24) is 25.2 Å². The fourth-order valence-electron chi connectivity index (χ4n) is 3.55. The van der Waals surface area contributed by atoms with Crippen LogP contribution in [-0.4, -0.2) is 26.5 Å². The molecule has 7 nitrogen and oxygen atoms in total. The van der Waals surface area contributed by atoms with Crippen molar-refractivity contribution in [2.75, 3.05) is 0 Å². The summed E-state index contributed by atoms with van der Waals surface area (Å²) in [6.07, 6.45) is 0.683. The van der Waals surface area contributed by atoms with Crippen molar-refractivity contribution in [2.45, 2.75) is 39.4 Å². The van der Waals surface area contributed by atoms with E-state index in [-0.39, 0.29) is 17.5 Å². The molecule has 0 spiro atoms. The first-order valence-electron chi connectivity index (χ1n) is 8.68. The molecule has 1 aliphatic rings. The third-order valence-electron chi connectivity index (χ3n) is 5.04. The topological polar surface area (TPSA) is 91.3 Å². The smallest absolute Gasteiger partial charge is 0.266 e. The molecule has 0 fully saturated rings. The van der Waals surface area contributed by atoms with Crippen molar-refractivity contribution in [3.8, 4) is 0 Å². The van der Waals surface area contributed by atoms with E-state index < -0.39 is 0 Å². The van der Waals surface area contributed by atoms with Crippen molar-refractivity contribution >= 4 is 11.6 Å². The van der Waals surface area contributed by atoms with Gasteiger partial charge in [0.15, 0.2) is 5.65 Å². The number of aryl methyl sites for hydroxylation is 2. The molecule has 0 bridgehead atoms. The highest BCUT2D eigenvalue weighted by Crippen LogP contribution is 2.17. The molecule has 0 saturated heterocycles. The molecular formula is C19H21N5O2. The maximum absolute atomic E-state index is 12.6. The number of benzene rings is 1. The minimum atomic E-state index is -0.242. The van der Waals surface area contributed by atoms with Gasteiger partial charge in [0.05, 0.1) is 6.04 Å². The average Bonchev–Trinajstić information content (AvgIpc) is 3.01. The Bertz CT molecular complexity index is 1050. The molecule has 0 radical (unpaired) electrons. The molecule has 1 aromatic carbocycles. The van der Waals surface area contributed by atoms with Gasteiger partial charge in [-0.15, -0.1) is 0 Å². The maximum Gasteiger partial charge on any atom is 0.266 e. The largest absolute Gasteiger partial charge is 0.351 e. The highest BCUT2D eigenvalue weighted by Gasteiger charge is 2.24. The Morgan fingerprint density at radius 3 is 2.88 bits per heavy atom. The van der Waals surface area contributed by atoms with Gasteiger partial charge in [-0.25, -0.2) is 9.50 Å². The standard InChI is InChI=1S/C19H21N5O2/c1-11-15(12(2)24-17(22-11)8-18(25)23-24)10-21-19(26)16-7-13-5-3-4-6-14(13)9-20-16/h3-6,8,16,20H,7,9-10H2,1-2H3,(H,21,26)(H,23,25). The summed E-state index contributed by atoms with van der Waals surface area (Å²) in [7, 11) is 0. The number of rotatable bonds is 3. The van der Waals surface area contributed by atoms with Gasteiger partial charge < -0.3 is 10.6 Å². The lowest BCUT2D eigenvalue weighted by molar-refractivity contribution is -0.123. The van der Waals surface area contributed by atoms with Gasteiger partial charge in [-0.2, -0.15) is 0 Å². The molecule has 134 valence electrons. The van der Waals surface area contributed by atoms with Gasteiger partial charge in [-0.1, -0.05) is 24.3 Å². The van der Waals surface area contributed by atoms with Crippen LogP contribution in [0.4, 0.5) is 0 Å². The minimum Gasteiger partial charge on any atom is -0.351 e. The van der Waals surface area contributed by atoms with Crippen LogP contribution in [0.1, 0.15) is 28.1 Å². The summed E-state index contributed by atoms with van der Waals surface area (Å²) in [6.45, 7) is 4.87. The van der Waals surface area contributed by atoms with Crippen LogP contribution in [0.2, 0.25) is 0 Å². The minimum absolute atomic E-state index is 0.0283. The number of hydrogen-bond acceptors (Lipinski definition) is 4. The van der Waals surface area contributed by atoms with E-state index in [9.17, 15) is 9.59 Å². The van der Waals surface area contributed by atoms with Gasteiger partial charge in [0.2, 0.25) is 5.91 Å². The fraction of sp³-hybridized carbons (Fsp3) is 0.316. The second kappa shape index (κ2) is 6.42. The first-order chi connectivity index (χ1) is 12.5. The van der Waals surface area contributed by atoms with Gasteiger partial charge in [-0.3, -0.25) is 14.7 Å². The molecule has 0 aliphatic carbocycles. The van der Waals surface area contributed by atoms with Crippen LogP contribution in [0, 0.1) is 13.8 Å². The van der Waals surface area contributed by atoms with Crippen molar-refractivity contribution in [2.24, 2.45) is 0 Å². The average molecular weight is 351 g/mol. The molecule has 1 aliphatic heterocycles. The predicted molar refractivity (Wildman–Crippen MR) is 97.9 cm³/mol. The number of aromatic nitrogens is 3. The zero-order valence-electron chi connectivity index (χ0n) is 14.8. The molecule has 26 heavy (non-hydrogen) atoms. The van der Waals surface area contributed by atoms with Crippen molar-refractivity contribution in [1.29, 1.82) is 0 Å². The molecule has 3 heterocycles. The summed E-state index contributed by atoms with van der Waals surface area (Å²) in [5.41, 5.74) is 5.45. The normalized spacial score (nSPS) is 16.5. The number of hydrogen-bond donors (Lipinski definition) is 3. The lowest BCUT2D eigenvalue weighted by atomic mass is 9.95. The Labute approximate surface area is 150 Å². The molecule has 3 aromatic rings.